The predicted molar refractivity (Wildman–Crippen MR) is 369 cm³/mol. The number of nitrogens with zero attached hydrogens (tertiary/aromatic N) is 9. The summed E-state index contributed by atoms with van der Waals surface area (Å²) in [4.78, 5) is 127. The van der Waals surface area contributed by atoms with Crippen molar-refractivity contribution in [3.05, 3.63) is 216 Å². The van der Waals surface area contributed by atoms with Crippen LogP contribution in [0.15, 0.2) is 189 Å². The number of aromatic nitrogens is 6. The van der Waals surface area contributed by atoms with Crippen molar-refractivity contribution in [3.8, 4) is 68.5 Å². The number of carbonyl (C=O) groups excluding carboxylic acids is 9. The molecular formula is C75H67F3N12O16. The Morgan fingerprint density at radius 1 is 0.481 bits per heavy atom. The summed E-state index contributed by atoms with van der Waals surface area (Å²) in [6, 6.07) is 46.8. The van der Waals surface area contributed by atoms with Gasteiger partial charge in [-0.15, -0.1) is 0 Å². The number of imide groups is 4. The standard InChI is InChI=1S/C28H25FN4O4.C26H27FN4O6.C21H15FN4O6/c29-24-12-5-4-11-23(24)27-30-25(32-37-27)20-9-6-10-21(17-20)26(34)31-28(35)36-22-13-15-33(16-14-22)18-19-7-2-1-3-8-19;1-26(2,3)36-25(34)31-13-11-18(12-14-31)35-24(33)29-22(32)17-8-6-7-16(15-17)21-28-23(37-30-21)19-9-4-5-10-20(19)27;1-26-16(27)10-15(20(26)29)31-21(30)24-18(28)12-6-4-5-11(9-12)17-23-19(32-25-17)13-7-2-3-8-14(13)22/h1-12,17,22H,13-16,18H2,(H,31,34,35);4-10,15,18H,11-14H2,1-3H3,(H,29,32,33);2-9,15H,10H2,1H3,(H,24,28,30)/t;;15-/m..0/s1. The second kappa shape index (κ2) is 33.8. The van der Waals surface area contributed by atoms with Crippen LogP contribution < -0.4 is 16.0 Å². The van der Waals surface area contributed by atoms with Crippen molar-refractivity contribution in [3.63, 3.8) is 0 Å². The Labute approximate surface area is 602 Å². The van der Waals surface area contributed by atoms with E-state index in [-0.39, 0.29) is 81.1 Å². The van der Waals surface area contributed by atoms with E-state index in [1.165, 1.54) is 91.5 Å². The molecule has 3 fully saturated rings. The highest BCUT2D eigenvalue weighted by Gasteiger charge is 2.39. The first-order chi connectivity index (χ1) is 51.0. The Morgan fingerprint density at radius 3 is 1.22 bits per heavy atom. The molecule has 10 aromatic rings. The van der Waals surface area contributed by atoms with E-state index in [1.807, 2.05) is 23.5 Å². The number of hydrogen-bond donors (Lipinski definition) is 3. The van der Waals surface area contributed by atoms with Crippen LogP contribution in [0, 0.1) is 17.5 Å². The molecule has 13 rings (SSSR count). The van der Waals surface area contributed by atoms with Gasteiger partial charge in [-0.25, -0.2) is 32.3 Å². The number of likely N-dealkylation sites (N-methyl/N-ethyl adjacent to an activating group) is 1. The first kappa shape index (κ1) is 74.1. The van der Waals surface area contributed by atoms with Crippen LogP contribution in [0.1, 0.15) is 89.5 Å². The molecule has 0 radical (unpaired) electrons. The lowest BCUT2D eigenvalue weighted by atomic mass is 10.1. The van der Waals surface area contributed by atoms with Crippen LogP contribution in [0.4, 0.5) is 32.3 Å². The maximum absolute atomic E-state index is 14.0. The van der Waals surface area contributed by atoms with Gasteiger partial charge in [0.1, 0.15) is 35.3 Å². The number of rotatable bonds is 14. The lowest BCUT2D eigenvalue weighted by Gasteiger charge is -2.33. The van der Waals surface area contributed by atoms with Gasteiger partial charge < -0.3 is 37.4 Å². The normalized spacial score (nSPS) is 14.7. The van der Waals surface area contributed by atoms with Gasteiger partial charge in [0, 0.05) is 86.0 Å². The number of nitrogens with one attached hydrogen (secondary N) is 3. The van der Waals surface area contributed by atoms with Crippen LogP contribution in [0.25, 0.3) is 68.5 Å². The van der Waals surface area contributed by atoms with Crippen molar-refractivity contribution in [1.29, 1.82) is 0 Å². The van der Waals surface area contributed by atoms with Gasteiger partial charge in [-0.3, -0.25) is 49.7 Å². The second-order valence-corrected chi connectivity index (χ2v) is 25.1. The fraction of sp³-hybridized carbons (Fsp3) is 0.240. The number of likely N-dealkylation sites (tertiary alicyclic amines) is 3. The Hall–Kier alpha value is -13.1. The third kappa shape index (κ3) is 19.6. The highest BCUT2D eigenvalue weighted by molar-refractivity contribution is 6.07. The third-order valence-electron chi connectivity index (χ3n) is 16.4. The molecule has 6 heterocycles. The fourth-order valence-electron chi connectivity index (χ4n) is 11.0. The molecule has 9 amide bonds. The highest BCUT2D eigenvalue weighted by Crippen LogP contribution is 2.30. The summed E-state index contributed by atoms with van der Waals surface area (Å²) in [5, 5.41) is 18.1. The van der Waals surface area contributed by atoms with Crippen molar-refractivity contribution < 1.29 is 88.8 Å². The topological polar surface area (TPSA) is 353 Å². The van der Waals surface area contributed by atoms with Crippen molar-refractivity contribution in [1.82, 2.24) is 61.1 Å². The summed E-state index contributed by atoms with van der Waals surface area (Å²) >= 11 is 0. The zero-order valence-electron chi connectivity index (χ0n) is 57.2. The molecular weight excluding hydrogens is 1380 g/mol. The Balaban J connectivity index is 0.000000159. The van der Waals surface area contributed by atoms with Crippen LogP contribution in [0.5, 0.6) is 0 Å². The molecule has 3 N–H and O–H groups in total. The van der Waals surface area contributed by atoms with Gasteiger partial charge in [0.05, 0.1) is 23.1 Å². The van der Waals surface area contributed by atoms with Crippen LogP contribution in [-0.4, -0.2) is 156 Å². The van der Waals surface area contributed by atoms with E-state index in [4.69, 9.17) is 32.5 Å². The van der Waals surface area contributed by atoms with Gasteiger partial charge in [-0.2, -0.15) is 15.0 Å². The number of ether oxygens (including phenoxy) is 4. The van der Waals surface area contributed by atoms with Crippen molar-refractivity contribution in [2.24, 2.45) is 0 Å². The maximum atomic E-state index is 14.0. The molecule has 0 spiro atoms. The van der Waals surface area contributed by atoms with Gasteiger partial charge in [-0.05, 0) is 112 Å². The minimum absolute atomic E-state index is 0.00393. The molecule has 106 heavy (non-hydrogen) atoms. The van der Waals surface area contributed by atoms with E-state index in [9.17, 15) is 56.3 Å². The summed E-state index contributed by atoms with van der Waals surface area (Å²) in [5.41, 5.74) is 2.92. The van der Waals surface area contributed by atoms with Gasteiger partial charge >= 0.3 is 24.4 Å². The fourth-order valence-corrected chi connectivity index (χ4v) is 11.0. The lowest BCUT2D eigenvalue weighted by Crippen LogP contribution is -2.44. The zero-order valence-corrected chi connectivity index (χ0v) is 57.2. The molecule has 544 valence electrons. The van der Waals surface area contributed by atoms with Gasteiger partial charge in [0.15, 0.2) is 6.10 Å². The summed E-state index contributed by atoms with van der Waals surface area (Å²) in [6.07, 6.45) is -3.22. The van der Waals surface area contributed by atoms with Crippen LogP contribution >= 0.6 is 0 Å². The summed E-state index contributed by atoms with van der Waals surface area (Å²) in [7, 11) is 1.28. The average Bonchev–Trinajstić information content (AvgIpc) is 1.66. The molecule has 3 saturated heterocycles. The quantitative estimate of drug-likeness (QED) is 0.0672. The molecule has 0 bridgehead atoms. The van der Waals surface area contributed by atoms with Gasteiger partial charge in [0.2, 0.25) is 23.4 Å². The summed E-state index contributed by atoms with van der Waals surface area (Å²) in [5.74, 6) is -4.27. The molecule has 31 heteroatoms. The second-order valence-electron chi connectivity index (χ2n) is 25.1. The molecule has 28 nitrogen and oxygen atoms in total. The van der Waals surface area contributed by atoms with Crippen LogP contribution in [0.3, 0.4) is 0 Å². The number of amides is 9. The molecule has 3 aromatic heterocycles. The van der Waals surface area contributed by atoms with E-state index in [0.717, 1.165) is 24.5 Å². The van der Waals surface area contributed by atoms with E-state index in [2.05, 4.69) is 58.1 Å². The minimum Gasteiger partial charge on any atom is -0.446 e. The van der Waals surface area contributed by atoms with Gasteiger partial charge in [-0.1, -0.05) is 119 Å². The zero-order chi connectivity index (χ0) is 75.0. The van der Waals surface area contributed by atoms with Crippen molar-refractivity contribution in [2.45, 2.75) is 83.3 Å². The Bertz CT molecular complexity index is 4870. The number of piperidine rings is 2. The molecule has 3 aliphatic heterocycles. The number of alkyl carbamates (subject to hydrolysis) is 3. The third-order valence-corrected chi connectivity index (χ3v) is 16.4. The number of halogens is 3. The molecule has 0 unspecified atom stereocenters. The van der Waals surface area contributed by atoms with Gasteiger partial charge in [0.25, 0.3) is 41.3 Å². The maximum Gasteiger partial charge on any atom is 0.414 e. The summed E-state index contributed by atoms with van der Waals surface area (Å²) in [6.45, 7) is 8.61. The van der Waals surface area contributed by atoms with Crippen molar-refractivity contribution in [2.75, 3.05) is 33.2 Å². The monoisotopic (exact) mass is 1450 g/mol. The molecule has 1 atom stereocenters. The average molecular weight is 1450 g/mol. The Morgan fingerprint density at radius 2 is 0.849 bits per heavy atom. The lowest BCUT2D eigenvalue weighted by molar-refractivity contribution is -0.139. The molecule has 7 aromatic carbocycles. The number of hydrogen-bond acceptors (Lipinski definition) is 23. The van der Waals surface area contributed by atoms with Crippen LogP contribution in [-0.2, 0) is 35.1 Å². The van der Waals surface area contributed by atoms with E-state index >= 15 is 0 Å². The SMILES string of the molecule is CC(C)(C)OC(=O)N1CCC(OC(=O)NC(=O)c2cccc(-c3noc(-c4ccccc4F)n3)c2)CC1.CN1C(=O)C[C@H](OC(=O)NC(=O)c2cccc(-c3noc(-c4ccccc4F)n3)c2)C1=O.O=C(NC(=O)c1cccc(-c2noc(-c3ccccc3F)n2)c1)OC1CCN(Cc2ccccc2)CC1. The van der Waals surface area contributed by atoms with E-state index in [0.29, 0.717) is 55.5 Å². The number of benzene rings is 7. The first-order valence-electron chi connectivity index (χ1n) is 33.1. The minimum atomic E-state index is -1.28. The smallest absolute Gasteiger partial charge is 0.414 e. The Kier molecular flexibility index (Phi) is 23.7. The largest absolute Gasteiger partial charge is 0.446 e. The molecule has 0 saturated carbocycles. The van der Waals surface area contributed by atoms with Crippen LogP contribution in [0.2, 0.25) is 0 Å². The van der Waals surface area contributed by atoms with Crippen molar-refractivity contribution >= 4 is 53.9 Å². The first-order valence-corrected chi connectivity index (χ1v) is 33.1. The molecule has 3 aliphatic rings. The highest BCUT2D eigenvalue weighted by atomic mass is 19.1. The van der Waals surface area contributed by atoms with E-state index in [1.54, 1.807) is 92.4 Å². The van der Waals surface area contributed by atoms with E-state index < -0.39 is 89.2 Å². The summed E-state index contributed by atoms with van der Waals surface area (Å²) < 4.78 is 78.5. The predicted octanol–water partition coefficient (Wildman–Crippen LogP) is 12.0. The number of carbonyl (C=O) groups is 9. The molecule has 0 aliphatic carbocycles.